The van der Waals surface area contributed by atoms with Crippen LogP contribution in [0.15, 0.2) is 78.9 Å². The molecule has 3 heteroatoms. The minimum absolute atomic E-state index is 0.0791. The number of aliphatic hydroxyl groups excluding tert-OH is 1. The van der Waals surface area contributed by atoms with E-state index < -0.39 is 0 Å². The molecule has 0 aliphatic heterocycles. The average molecular weight is 679 g/mol. The van der Waals surface area contributed by atoms with Crippen LogP contribution in [0.5, 0.6) is 0 Å². The van der Waals surface area contributed by atoms with Crippen molar-refractivity contribution in [3.63, 3.8) is 0 Å². The number of benzene rings is 3. The number of para-hydroxylation sites is 1. The predicted molar refractivity (Wildman–Crippen MR) is 215 cm³/mol. The average Bonchev–Trinajstić information content (AvgIpc) is 3.15. The Labute approximate surface area is 306 Å². The Morgan fingerprint density at radius 1 is 0.640 bits per heavy atom. The van der Waals surface area contributed by atoms with Crippen LogP contribution < -0.4 is 4.90 Å². The first-order valence-electron chi connectivity index (χ1n) is 21.0. The number of aliphatic hydroxyl groups is 1. The third-order valence-corrected chi connectivity index (χ3v) is 12.3. The number of unbranched alkanes of at least 4 members (excludes halogenated alkanes) is 2. The Hall–Kier alpha value is -2.62. The smallest absolute Gasteiger partial charge is 0.0695 e. The van der Waals surface area contributed by atoms with Crippen molar-refractivity contribution < 1.29 is 5.11 Å². The molecular weight excluding hydrogens is 609 g/mol. The highest BCUT2D eigenvalue weighted by Crippen LogP contribution is 2.45. The molecule has 0 bridgehead atoms. The molecule has 5 unspecified atom stereocenters. The zero-order valence-electron chi connectivity index (χ0n) is 32.4. The van der Waals surface area contributed by atoms with Crippen molar-refractivity contribution in [2.24, 2.45) is 0 Å². The van der Waals surface area contributed by atoms with E-state index in [1.54, 1.807) is 5.56 Å². The molecule has 274 valence electrons. The lowest BCUT2D eigenvalue weighted by Crippen LogP contribution is -2.51. The summed E-state index contributed by atoms with van der Waals surface area (Å²) >= 11 is 0. The van der Waals surface area contributed by atoms with Gasteiger partial charge < -0.3 is 10.0 Å². The molecule has 3 aromatic rings. The quantitative estimate of drug-likeness (QED) is 0.136. The van der Waals surface area contributed by atoms with Gasteiger partial charge in [0.25, 0.3) is 0 Å². The molecule has 0 radical (unpaired) electrons. The highest BCUT2D eigenvalue weighted by atomic mass is 16.3. The largest absolute Gasteiger partial charge is 0.391 e. The highest BCUT2D eigenvalue weighted by molar-refractivity contribution is 5.58. The standard InChI is InChI=1S/C47H70N2O/c1-6-9-12-25-36(4)48(45-34-21-22-35-46(45)50)47(39-28-15-11-16-29-39)43-32-18-17-30-41(43)37(5)49(40(23-7-2)24-8-3)44-33-20-19-31-42(44)38-26-13-10-14-27-38/h11,15-20,28-33,36-38,40,45-47,50H,6-10,12-14,21-27,34-35H2,1-5H3. The SMILES string of the molecule is CCCCCC(C)N(C(c1ccccc1)c1ccccc1C(C)N(c1ccccc1C1CCCCC1)C(CCC)CCC)C1CCCCC1O. The minimum Gasteiger partial charge on any atom is -0.391 e. The van der Waals surface area contributed by atoms with Gasteiger partial charge in [0, 0.05) is 23.8 Å². The van der Waals surface area contributed by atoms with Crippen molar-refractivity contribution in [3.8, 4) is 0 Å². The maximum Gasteiger partial charge on any atom is 0.0695 e. The van der Waals surface area contributed by atoms with Gasteiger partial charge in [-0.2, -0.15) is 0 Å². The van der Waals surface area contributed by atoms with Crippen LogP contribution in [-0.4, -0.2) is 34.2 Å². The molecule has 0 spiro atoms. The zero-order chi connectivity index (χ0) is 35.3. The monoisotopic (exact) mass is 679 g/mol. The molecule has 0 aromatic heterocycles. The summed E-state index contributed by atoms with van der Waals surface area (Å²) in [4.78, 5) is 5.67. The van der Waals surface area contributed by atoms with Crippen LogP contribution >= 0.6 is 0 Å². The number of hydrogen-bond acceptors (Lipinski definition) is 3. The van der Waals surface area contributed by atoms with Gasteiger partial charge in [0.15, 0.2) is 0 Å². The Bertz CT molecular complexity index is 1380. The Kier molecular flexibility index (Phi) is 15.3. The van der Waals surface area contributed by atoms with Gasteiger partial charge in [0.05, 0.1) is 18.2 Å². The van der Waals surface area contributed by atoms with Gasteiger partial charge in [-0.05, 0) is 93.0 Å². The molecule has 0 amide bonds. The topological polar surface area (TPSA) is 26.7 Å². The molecule has 2 aliphatic carbocycles. The summed E-state index contributed by atoms with van der Waals surface area (Å²) in [5.41, 5.74) is 7.24. The third kappa shape index (κ3) is 9.43. The fourth-order valence-electron chi connectivity index (χ4n) is 9.78. The molecule has 2 aliphatic rings. The van der Waals surface area contributed by atoms with Crippen LogP contribution in [0.3, 0.4) is 0 Å². The van der Waals surface area contributed by atoms with Gasteiger partial charge in [-0.15, -0.1) is 0 Å². The zero-order valence-corrected chi connectivity index (χ0v) is 32.4. The summed E-state index contributed by atoms with van der Waals surface area (Å²) in [6, 6.07) is 31.5. The molecule has 0 saturated heterocycles. The first kappa shape index (κ1) is 38.6. The second-order valence-electron chi connectivity index (χ2n) is 15.9. The van der Waals surface area contributed by atoms with E-state index in [2.05, 4.69) is 123 Å². The van der Waals surface area contributed by atoms with Crippen LogP contribution in [0.1, 0.15) is 184 Å². The first-order valence-corrected chi connectivity index (χ1v) is 21.0. The third-order valence-electron chi connectivity index (χ3n) is 12.3. The number of anilines is 1. The summed E-state index contributed by atoms with van der Waals surface area (Å²) in [5, 5.41) is 11.7. The molecule has 1 N–H and O–H groups in total. The lowest BCUT2D eigenvalue weighted by atomic mass is 9.81. The van der Waals surface area contributed by atoms with E-state index in [4.69, 9.17) is 0 Å². The Morgan fingerprint density at radius 3 is 1.94 bits per heavy atom. The Balaban J connectivity index is 1.67. The number of nitrogens with zero attached hydrogens (tertiary/aromatic N) is 2. The highest BCUT2D eigenvalue weighted by Gasteiger charge is 2.39. The van der Waals surface area contributed by atoms with Crippen molar-refractivity contribution in [1.82, 2.24) is 4.90 Å². The van der Waals surface area contributed by atoms with Crippen LogP contribution in [0.25, 0.3) is 0 Å². The molecule has 0 heterocycles. The van der Waals surface area contributed by atoms with E-state index in [0.29, 0.717) is 18.0 Å². The van der Waals surface area contributed by atoms with Gasteiger partial charge >= 0.3 is 0 Å². The number of hydrogen-bond donors (Lipinski definition) is 1. The molecule has 3 nitrogen and oxygen atoms in total. The minimum atomic E-state index is -0.287. The lowest BCUT2D eigenvalue weighted by Gasteiger charge is -2.47. The van der Waals surface area contributed by atoms with Crippen molar-refractivity contribution >= 4 is 5.69 Å². The lowest BCUT2D eigenvalue weighted by molar-refractivity contribution is -0.0173. The van der Waals surface area contributed by atoms with Crippen molar-refractivity contribution in [3.05, 3.63) is 101 Å². The van der Waals surface area contributed by atoms with Crippen molar-refractivity contribution in [1.29, 1.82) is 0 Å². The summed E-state index contributed by atoms with van der Waals surface area (Å²) in [7, 11) is 0. The van der Waals surface area contributed by atoms with E-state index in [1.165, 1.54) is 106 Å². The maximum atomic E-state index is 11.7. The van der Waals surface area contributed by atoms with Crippen LogP contribution in [0.2, 0.25) is 0 Å². The fraction of sp³-hybridized carbons (Fsp3) is 0.617. The second kappa shape index (κ2) is 19.8. The van der Waals surface area contributed by atoms with Crippen LogP contribution in [0, 0.1) is 0 Å². The van der Waals surface area contributed by atoms with E-state index in [9.17, 15) is 5.11 Å². The summed E-state index contributed by atoms with van der Waals surface area (Å²) in [5.74, 6) is 0.651. The molecule has 2 fully saturated rings. The molecular formula is C47H70N2O. The Morgan fingerprint density at radius 2 is 1.26 bits per heavy atom. The molecule has 3 aromatic carbocycles. The van der Waals surface area contributed by atoms with E-state index in [1.807, 2.05) is 0 Å². The second-order valence-corrected chi connectivity index (χ2v) is 15.9. The summed E-state index contributed by atoms with van der Waals surface area (Å²) in [6.07, 6.45) is 20.4. The first-order chi connectivity index (χ1) is 24.5. The van der Waals surface area contributed by atoms with E-state index in [0.717, 1.165) is 25.7 Å². The van der Waals surface area contributed by atoms with E-state index >= 15 is 0 Å². The molecule has 5 rings (SSSR count). The maximum absolute atomic E-state index is 11.7. The van der Waals surface area contributed by atoms with Crippen LogP contribution in [0.4, 0.5) is 5.69 Å². The van der Waals surface area contributed by atoms with Crippen molar-refractivity contribution in [2.75, 3.05) is 4.90 Å². The number of rotatable bonds is 18. The predicted octanol–water partition coefficient (Wildman–Crippen LogP) is 12.9. The van der Waals surface area contributed by atoms with Gasteiger partial charge in [-0.25, -0.2) is 0 Å². The van der Waals surface area contributed by atoms with Gasteiger partial charge in [0.1, 0.15) is 0 Å². The summed E-state index contributed by atoms with van der Waals surface area (Å²) < 4.78 is 0. The van der Waals surface area contributed by atoms with Gasteiger partial charge in [-0.1, -0.05) is 158 Å². The normalized spacial score (nSPS) is 20.6. The molecule has 50 heavy (non-hydrogen) atoms. The van der Waals surface area contributed by atoms with Gasteiger partial charge in [-0.3, -0.25) is 4.90 Å². The molecule has 2 saturated carbocycles. The van der Waals surface area contributed by atoms with Gasteiger partial charge in [0.2, 0.25) is 0 Å². The van der Waals surface area contributed by atoms with Crippen molar-refractivity contribution in [2.45, 2.75) is 186 Å². The summed E-state index contributed by atoms with van der Waals surface area (Å²) in [6.45, 7) is 12.0. The van der Waals surface area contributed by atoms with E-state index in [-0.39, 0.29) is 24.2 Å². The van der Waals surface area contributed by atoms with Crippen LogP contribution in [-0.2, 0) is 0 Å². The molecule has 5 atom stereocenters. The fourth-order valence-corrected chi connectivity index (χ4v) is 9.78.